The van der Waals surface area contributed by atoms with E-state index in [2.05, 4.69) is 175 Å². The van der Waals surface area contributed by atoms with Crippen molar-refractivity contribution >= 4 is 45.3 Å². The first-order valence-corrected chi connectivity index (χ1v) is 21.0. The molecule has 1 spiro atoms. The molecule has 258 valence electrons. The summed E-state index contributed by atoms with van der Waals surface area (Å²) in [5.74, 6) is 0.501. The molecule has 6 aromatic rings. The second-order valence-electron chi connectivity index (χ2n) is 15.4. The number of hydrogen-bond donors (Lipinski definition) is 0. The number of nitrogens with zero attached hydrogens (tertiary/aromatic N) is 1. The molecule has 4 atom stereocenters. The third-order valence-corrected chi connectivity index (χ3v) is 14.9. The van der Waals surface area contributed by atoms with Crippen LogP contribution in [0.1, 0.15) is 56.2 Å². The van der Waals surface area contributed by atoms with E-state index in [1.165, 1.54) is 89.1 Å². The lowest BCUT2D eigenvalue weighted by molar-refractivity contribution is 0.542. The number of allylic oxidation sites excluding steroid dienone is 8. The van der Waals surface area contributed by atoms with Crippen molar-refractivity contribution < 1.29 is 0 Å². The van der Waals surface area contributed by atoms with Crippen LogP contribution in [-0.4, -0.2) is 9.82 Å². The summed E-state index contributed by atoms with van der Waals surface area (Å²) >= 11 is 4.07. The first-order valence-electron chi connectivity index (χ1n) is 19.3. The zero-order chi connectivity index (χ0) is 35.1. The average molecular weight is 720 g/mol. The summed E-state index contributed by atoms with van der Waals surface area (Å²) in [4.78, 5) is 4.24. The number of para-hydroxylation sites is 1. The van der Waals surface area contributed by atoms with Crippen molar-refractivity contribution in [1.29, 1.82) is 0 Å². The molecule has 53 heavy (non-hydrogen) atoms. The zero-order valence-electron chi connectivity index (χ0n) is 30.0. The number of hydrogen-bond acceptors (Lipinski definition) is 2. The second kappa shape index (κ2) is 12.4. The van der Waals surface area contributed by atoms with Crippen LogP contribution in [0.2, 0.25) is 0 Å². The Hall–Kier alpha value is -4.70. The monoisotopic (exact) mass is 719 g/mol. The van der Waals surface area contributed by atoms with Crippen LogP contribution in [-0.2, 0) is 5.41 Å². The van der Waals surface area contributed by atoms with Gasteiger partial charge in [0.1, 0.15) is 0 Å². The van der Waals surface area contributed by atoms with E-state index in [-0.39, 0.29) is 5.41 Å². The predicted octanol–water partition coefficient (Wildman–Crippen LogP) is 14.0. The highest BCUT2D eigenvalue weighted by molar-refractivity contribution is 8.04. The molecular weight excluding hydrogens is 679 g/mol. The quantitative estimate of drug-likeness (QED) is 0.168. The van der Waals surface area contributed by atoms with Crippen LogP contribution in [0.4, 0.5) is 0 Å². The lowest BCUT2D eigenvalue weighted by Crippen LogP contribution is -2.43. The fourth-order valence-electron chi connectivity index (χ4n) is 10.1. The molecule has 0 amide bonds. The maximum atomic E-state index is 2.61. The standard InChI is InChI=1S/C50H41NS2/c1-32-23-28-46-42(29-32)50(39-19-9-11-22-45(39)52-46)40-26-24-34(33-13-4-2-5-14-33)30-47(40)53-48-31-35(25-27-41(48)50)37-18-12-21-44-49(37)38-17-8-10-20-43(38)51(44)36-15-6-3-7-16-36/h2,4-6,8-15,17-21,23-28,30-32,36,45H,3,7,16,22,29H2,1H3. The van der Waals surface area contributed by atoms with Crippen molar-refractivity contribution in [1.82, 2.24) is 4.57 Å². The molecule has 0 bridgehead atoms. The van der Waals surface area contributed by atoms with Crippen molar-refractivity contribution in [3.63, 3.8) is 0 Å². The van der Waals surface area contributed by atoms with Gasteiger partial charge in [0.2, 0.25) is 0 Å². The first kappa shape index (κ1) is 31.8. The van der Waals surface area contributed by atoms with Gasteiger partial charge in [0.05, 0.1) is 17.0 Å². The van der Waals surface area contributed by atoms with Crippen LogP contribution in [0, 0.1) is 5.92 Å². The number of fused-ring (bicyclic) bond motifs is 10. The predicted molar refractivity (Wildman–Crippen MR) is 227 cm³/mol. The van der Waals surface area contributed by atoms with E-state index in [9.17, 15) is 0 Å². The Balaban J connectivity index is 1.17. The SMILES string of the molecule is CC1C=CC2=C(C1)C1(C3=CC=CCC3S2)c2ccc(-c3ccccc3)cc2Sc2cc(-c3cccc4c3c3ccccc3n4C3C=CCCC3)ccc21. The number of benzene rings is 5. The van der Waals surface area contributed by atoms with E-state index >= 15 is 0 Å². The third kappa shape index (κ3) is 4.79. The molecule has 5 aliphatic rings. The van der Waals surface area contributed by atoms with Gasteiger partial charge < -0.3 is 4.57 Å². The molecule has 1 aromatic heterocycles. The van der Waals surface area contributed by atoms with E-state index in [4.69, 9.17) is 0 Å². The van der Waals surface area contributed by atoms with E-state index < -0.39 is 0 Å². The van der Waals surface area contributed by atoms with Gasteiger partial charge in [-0.3, -0.25) is 0 Å². The minimum absolute atomic E-state index is 0.298. The minimum Gasteiger partial charge on any atom is -0.333 e. The van der Waals surface area contributed by atoms with Crippen LogP contribution < -0.4 is 0 Å². The van der Waals surface area contributed by atoms with E-state index in [0.717, 1.165) is 12.8 Å². The van der Waals surface area contributed by atoms with Crippen LogP contribution >= 0.6 is 23.5 Å². The molecule has 3 heterocycles. The van der Waals surface area contributed by atoms with Crippen molar-refractivity contribution in [2.24, 2.45) is 5.92 Å². The van der Waals surface area contributed by atoms with Gasteiger partial charge in [0, 0.05) is 36.2 Å². The Morgan fingerprint density at radius 1 is 0.736 bits per heavy atom. The van der Waals surface area contributed by atoms with Gasteiger partial charge in [0.25, 0.3) is 0 Å². The third-order valence-electron chi connectivity index (χ3n) is 12.4. The summed E-state index contributed by atoms with van der Waals surface area (Å²) in [7, 11) is 0. The van der Waals surface area contributed by atoms with Crippen molar-refractivity contribution in [2.75, 3.05) is 0 Å². The summed E-state index contributed by atoms with van der Waals surface area (Å²) in [5.41, 5.74) is 13.6. The fourth-order valence-corrected chi connectivity index (χ4v) is 12.8. The minimum atomic E-state index is -0.298. The Bertz CT molecular complexity index is 2630. The van der Waals surface area contributed by atoms with Gasteiger partial charge in [-0.05, 0) is 107 Å². The molecule has 0 N–H and O–H groups in total. The Morgan fingerprint density at radius 2 is 1.53 bits per heavy atom. The summed E-state index contributed by atoms with van der Waals surface area (Å²) in [6.45, 7) is 2.39. The van der Waals surface area contributed by atoms with Gasteiger partial charge in [0.15, 0.2) is 0 Å². The molecule has 2 aliphatic heterocycles. The molecule has 0 saturated heterocycles. The summed E-state index contributed by atoms with van der Waals surface area (Å²) in [6.07, 6.45) is 22.6. The van der Waals surface area contributed by atoms with E-state index in [1.807, 2.05) is 11.8 Å². The molecule has 1 nitrogen and oxygen atoms in total. The molecule has 0 radical (unpaired) electrons. The highest BCUT2D eigenvalue weighted by Gasteiger charge is 2.53. The summed E-state index contributed by atoms with van der Waals surface area (Å²) < 4.78 is 2.61. The largest absolute Gasteiger partial charge is 0.333 e. The normalized spacial score (nSPS) is 24.2. The van der Waals surface area contributed by atoms with Crippen LogP contribution in [0.25, 0.3) is 44.1 Å². The Morgan fingerprint density at radius 3 is 2.38 bits per heavy atom. The maximum Gasteiger partial charge on any atom is 0.0671 e. The van der Waals surface area contributed by atoms with Crippen molar-refractivity contribution in [3.8, 4) is 22.3 Å². The van der Waals surface area contributed by atoms with Gasteiger partial charge in [-0.25, -0.2) is 0 Å². The van der Waals surface area contributed by atoms with Crippen LogP contribution in [0.3, 0.4) is 0 Å². The zero-order valence-corrected chi connectivity index (χ0v) is 31.6. The van der Waals surface area contributed by atoms with Crippen molar-refractivity contribution in [3.05, 3.63) is 179 Å². The summed E-state index contributed by atoms with van der Waals surface area (Å²) in [6, 6.07) is 42.2. The van der Waals surface area contributed by atoms with Crippen molar-refractivity contribution in [2.45, 2.75) is 65.5 Å². The maximum absolute atomic E-state index is 2.61. The average Bonchev–Trinajstić information content (AvgIpc) is 3.56. The van der Waals surface area contributed by atoms with E-state index in [0.29, 0.717) is 17.2 Å². The smallest absolute Gasteiger partial charge is 0.0671 e. The molecule has 4 unspecified atom stereocenters. The van der Waals surface area contributed by atoms with Gasteiger partial charge >= 0.3 is 0 Å². The Labute approximate surface area is 320 Å². The molecule has 3 aliphatic carbocycles. The number of aromatic nitrogens is 1. The van der Waals surface area contributed by atoms with Crippen LogP contribution in [0.5, 0.6) is 0 Å². The van der Waals surface area contributed by atoms with Crippen LogP contribution in [0.15, 0.2) is 178 Å². The fraction of sp³-hybridized carbons (Fsp3) is 0.200. The molecule has 5 aromatic carbocycles. The summed E-state index contributed by atoms with van der Waals surface area (Å²) in [5, 5.41) is 3.14. The molecule has 0 saturated carbocycles. The van der Waals surface area contributed by atoms with Gasteiger partial charge in [-0.1, -0.05) is 146 Å². The first-order chi connectivity index (χ1) is 26.2. The lowest BCUT2D eigenvalue weighted by Gasteiger charge is -2.51. The van der Waals surface area contributed by atoms with Gasteiger partial charge in [-0.2, -0.15) is 0 Å². The molecule has 11 rings (SSSR count). The Kier molecular flexibility index (Phi) is 7.46. The highest BCUT2D eigenvalue weighted by atomic mass is 32.2. The van der Waals surface area contributed by atoms with Gasteiger partial charge in [-0.15, -0.1) is 11.8 Å². The molecule has 0 fully saturated rings. The molecular formula is C50H41NS2. The molecule has 3 heteroatoms. The van der Waals surface area contributed by atoms with E-state index in [1.54, 1.807) is 11.1 Å². The topological polar surface area (TPSA) is 4.93 Å². The number of rotatable bonds is 3. The number of thioether (sulfide) groups is 1. The lowest BCUT2D eigenvalue weighted by atomic mass is 9.59. The second-order valence-corrected chi connectivity index (χ2v) is 17.8. The highest BCUT2D eigenvalue weighted by Crippen LogP contribution is 2.65.